The molecule has 1 atom stereocenters. The first-order valence-electron chi connectivity index (χ1n) is 12.0. The van der Waals surface area contributed by atoms with Gasteiger partial charge < -0.3 is 25.2 Å². The Morgan fingerprint density at radius 1 is 1.06 bits per heavy atom. The van der Waals surface area contributed by atoms with Gasteiger partial charge in [0.1, 0.15) is 11.2 Å². The average Bonchev–Trinajstić information content (AvgIpc) is 2.90. The predicted molar refractivity (Wildman–Crippen MR) is 135 cm³/mol. The summed E-state index contributed by atoms with van der Waals surface area (Å²) in [5.74, 6) is 0.273. The van der Waals surface area contributed by atoms with Crippen molar-refractivity contribution in [3.63, 3.8) is 0 Å². The van der Waals surface area contributed by atoms with E-state index in [1.165, 1.54) is 5.56 Å². The molecule has 0 saturated heterocycles. The number of ether oxygens (including phenoxy) is 1. The normalized spacial score (nSPS) is 16.3. The number of carbonyl (C=O) groups excluding carboxylic acids is 2. The molecule has 1 aliphatic rings. The highest BCUT2D eigenvalue weighted by atomic mass is 16.5. The van der Waals surface area contributed by atoms with Crippen molar-refractivity contribution in [2.45, 2.75) is 39.7 Å². The van der Waals surface area contributed by atoms with Gasteiger partial charge in [-0.2, -0.15) is 0 Å². The fourth-order valence-electron chi connectivity index (χ4n) is 4.28. The Morgan fingerprint density at radius 3 is 2.47 bits per heavy atom. The molecule has 0 saturated carbocycles. The van der Waals surface area contributed by atoms with E-state index in [1.54, 1.807) is 30.7 Å². The predicted octanol–water partition coefficient (Wildman–Crippen LogP) is 3.15. The van der Waals surface area contributed by atoms with Gasteiger partial charge in [-0.05, 0) is 83.6 Å². The molecule has 2 amide bonds. The number of nitrogens with zero attached hydrogens (tertiary/aromatic N) is 3. The highest BCUT2D eigenvalue weighted by Crippen LogP contribution is 2.40. The molecular formula is C26H37N5O3. The second kappa shape index (κ2) is 11.4. The first-order chi connectivity index (χ1) is 16.3. The summed E-state index contributed by atoms with van der Waals surface area (Å²) in [6.45, 7) is 8.06. The monoisotopic (exact) mass is 467 g/mol. The van der Waals surface area contributed by atoms with Crippen molar-refractivity contribution in [2.75, 3.05) is 50.1 Å². The fraction of sp³-hybridized carbons (Fsp3) is 0.500. The molecule has 184 valence electrons. The minimum absolute atomic E-state index is 0.188. The maximum Gasteiger partial charge on any atom is 0.242 e. The van der Waals surface area contributed by atoms with E-state index in [4.69, 9.17) is 4.74 Å². The SMILES string of the molecule is CCN1C(=O)C(C)(C)C(=O)N(C)c2cc(OCCCNC(CCNC)c3ccncc3)ccc21. The van der Waals surface area contributed by atoms with Crippen LogP contribution < -0.4 is 25.2 Å². The lowest BCUT2D eigenvalue weighted by Crippen LogP contribution is -2.47. The van der Waals surface area contributed by atoms with Gasteiger partial charge in [-0.1, -0.05) is 0 Å². The largest absolute Gasteiger partial charge is 0.493 e. The molecule has 0 bridgehead atoms. The van der Waals surface area contributed by atoms with Gasteiger partial charge >= 0.3 is 0 Å². The molecule has 2 aromatic rings. The van der Waals surface area contributed by atoms with Gasteiger partial charge in [0.15, 0.2) is 0 Å². The summed E-state index contributed by atoms with van der Waals surface area (Å²) in [7, 11) is 3.67. The first-order valence-corrected chi connectivity index (χ1v) is 12.0. The van der Waals surface area contributed by atoms with Crippen molar-refractivity contribution in [2.24, 2.45) is 5.41 Å². The van der Waals surface area contributed by atoms with Crippen LogP contribution >= 0.6 is 0 Å². The smallest absolute Gasteiger partial charge is 0.242 e. The van der Waals surface area contributed by atoms with Gasteiger partial charge in [0.25, 0.3) is 0 Å². The van der Waals surface area contributed by atoms with Crippen molar-refractivity contribution in [3.8, 4) is 5.75 Å². The molecule has 1 aromatic heterocycles. The molecule has 0 radical (unpaired) electrons. The van der Waals surface area contributed by atoms with Gasteiger partial charge in [0.2, 0.25) is 11.8 Å². The standard InChI is InChI=1S/C26H37N5O3/c1-6-31-22-9-8-20(18-23(22)30(5)24(32)26(2,3)25(31)33)34-17-7-13-29-21(12-14-27-4)19-10-15-28-16-11-19/h8-11,15-16,18,21,27,29H,6-7,12-14,17H2,1-5H3. The number of fused-ring (bicyclic) bond motifs is 1. The summed E-state index contributed by atoms with van der Waals surface area (Å²) in [5, 5.41) is 6.82. The van der Waals surface area contributed by atoms with Crippen molar-refractivity contribution >= 4 is 23.2 Å². The lowest BCUT2D eigenvalue weighted by molar-refractivity contribution is -0.137. The molecule has 1 unspecified atom stereocenters. The summed E-state index contributed by atoms with van der Waals surface area (Å²) < 4.78 is 6.01. The molecule has 2 heterocycles. The number of rotatable bonds is 11. The van der Waals surface area contributed by atoms with Crippen LogP contribution in [0.1, 0.15) is 45.2 Å². The molecule has 0 fully saturated rings. The number of aromatic nitrogens is 1. The molecule has 1 aliphatic heterocycles. The van der Waals surface area contributed by atoms with E-state index in [0.29, 0.717) is 24.6 Å². The van der Waals surface area contributed by atoms with E-state index in [2.05, 4.69) is 15.6 Å². The lowest BCUT2D eigenvalue weighted by Gasteiger charge is -2.27. The quantitative estimate of drug-likeness (QED) is 0.390. The molecular weight excluding hydrogens is 430 g/mol. The van der Waals surface area contributed by atoms with Gasteiger partial charge in [0, 0.05) is 38.1 Å². The number of nitrogens with one attached hydrogen (secondary N) is 2. The van der Waals surface area contributed by atoms with E-state index in [0.717, 1.165) is 31.6 Å². The Bertz CT molecular complexity index is 980. The van der Waals surface area contributed by atoms with Crippen molar-refractivity contribution in [1.82, 2.24) is 15.6 Å². The van der Waals surface area contributed by atoms with E-state index >= 15 is 0 Å². The maximum absolute atomic E-state index is 13.0. The Hall–Kier alpha value is -2.97. The molecule has 8 heteroatoms. The second-order valence-corrected chi connectivity index (χ2v) is 9.07. The van der Waals surface area contributed by atoms with Crippen molar-refractivity contribution in [3.05, 3.63) is 48.3 Å². The number of carbonyl (C=O) groups is 2. The average molecular weight is 468 g/mol. The Labute approximate surface area is 202 Å². The highest BCUT2D eigenvalue weighted by Gasteiger charge is 2.45. The van der Waals surface area contributed by atoms with Crippen LogP contribution in [0.25, 0.3) is 0 Å². The van der Waals surface area contributed by atoms with E-state index in [1.807, 2.05) is 56.7 Å². The summed E-state index contributed by atoms with van der Waals surface area (Å²) in [6.07, 6.45) is 5.46. The Kier molecular flexibility index (Phi) is 8.63. The zero-order valence-electron chi connectivity index (χ0n) is 20.9. The van der Waals surface area contributed by atoms with Crippen LogP contribution in [0.15, 0.2) is 42.7 Å². The molecule has 2 N–H and O–H groups in total. The molecule has 8 nitrogen and oxygen atoms in total. The van der Waals surface area contributed by atoms with Crippen LogP contribution in [0, 0.1) is 5.41 Å². The van der Waals surface area contributed by atoms with Crippen molar-refractivity contribution in [1.29, 1.82) is 0 Å². The number of benzene rings is 1. The third-order valence-electron chi connectivity index (χ3n) is 6.31. The number of anilines is 2. The van der Waals surface area contributed by atoms with Crippen LogP contribution in [-0.2, 0) is 9.59 Å². The number of amides is 2. The van der Waals surface area contributed by atoms with E-state index < -0.39 is 5.41 Å². The fourth-order valence-corrected chi connectivity index (χ4v) is 4.28. The minimum atomic E-state index is -1.12. The topological polar surface area (TPSA) is 86.8 Å². The zero-order chi connectivity index (χ0) is 24.7. The second-order valence-electron chi connectivity index (χ2n) is 9.07. The maximum atomic E-state index is 13.0. The summed E-state index contributed by atoms with van der Waals surface area (Å²) in [6, 6.07) is 9.93. The highest BCUT2D eigenvalue weighted by molar-refractivity contribution is 6.20. The Balaban J connectivity index is 1.62. The zero-order valence-corrected chi connectivity index (χ0v) is 20.9. The number of hydrogen-bond donors (Lipinski definition) is 2. The van der Waals surface area contributed by atoms with Crippen LogP contribution in [0.2, 0.25) is 0 Å². The number of hydrogen-bond acceptors (Lipinski definition) is 6. The molecule has 0 spiro atoms. The van der Waals surface area contributed by atoms with Crippen LogP contribution in [0.4, 0.5) is 11.4 Å². The molecule has 0 aliphatic carbocycles. The van der Waals surface area contributed by atoms with E-state index in [-0.39, 0.29) is 17.9 Å². The molecule has 34 heavy (non-hydrogen) atoms. The minimum Gasteiger partial charge on any atom is -0.493 e. The molecule has 3 rings (SSSR count). The van der Waals surface area contributed by atoms with Crippen LogP contribution in [-0.4, -0.2) is 57.1 Å². The van der Waals surface area contributed by atoms with Crippen molar-refractivity contribution < 1.29 is 14.3 Å². The van der Waals surface area contributed by atoms with Gasteiger partial charge in [-0.25, -0.2) is 0 Å². The third kappa shape index (κ3) is 5.56. The number of pyridine rings is 1. The van der Waals surface area contributed by atoms with Gasteiger partial charge in [-0.15, -0.1) is 0 Å². The Morgan fingerprint density at radius 2 is 1.79 bits per heavy atom. The van der Waals surface area contributed by atoms with Gasteiger partial charge in [0.05, 0.1) is 18.0 Å². The van der Waals surface area contributed by atoms with Gasteiger partial charge in [-0.3, -0.25) is 14.6 Å². The van der Waals surface area contributed by atoms with Crippen LogP contribution in [0.5, 0.6) is 5.75 Å². The summed E-state index contributed by atoms with van der Waals surface area (Å²) in [4.78, 5) is 33.3. The van der Waals surface area contributed by atoms with Crippen LogP contribution in [0.3, 0.4) is 0 Å². The summed E-state index contributed by atoms with van der Waals surface area (Å²) in [5.41, 5.74) is 1.52. The lowest BCUT2D eigenvalue weighted by atomic mass is 9.90. The molecule has 1 aromatic carbocycles. The van der Waals surface area contributed by atoms with E-state index in [9.17, 15) is 9.59 Å². The third-order valence-corrected chi connectivity index (χ3v) is 6.31. The summed E-state index contributed by atoms with van der Waals surface area (Å²) >= 11 is 0. The first kappa shape index (κ1) is 25.6.